The summed E-state index contributed by atoms with van der Waals surface area (Å²) in [6.45, 7) is 3.30. The fraction of sp³-hybridized carbons (Fsp3) is 0.231. The predicted molar refractivity (Wildman–Crippen MR) is 93.9 cm³/mol. The molecule has 0 unspecified atom stereocenters. The minimum absolute atomic E-state index is 0.261. The smallest absolute Gasteiger partial charge is 0.182 e. The monoisotopic (exact) mass is 498 g/mol. The number of nitrogens with zero attached hydrogens (tertiary/aromatic N) is 2. The molecule has 21 heavy (non-hydrogen) atoms. The van der Waals surface area contributed by atoms with Crippen molar-refractivity contribution in [2.45, 2.75) is 24.0 Å². The van der Waals surface area contributed by atoms with Gasteiger partial charge in [0.2, 0.25) is 0 Å². The fourth-order valence-electron chi connectivity index (χ4n) is 1.21. The average molecular weight is 501 g/mol. The highest BCUT2D eigenvalue weighted by atomic mass is 79.9. The zero-order chi connectivity index (χ0) is 16.0. The van der Waals surface area contributed by atoms with Crippen LogP contribution in [0.1, 0.15) is 13.8 Å². The van der Waals surface area contributed by atoms with Crippen LogP contribution >= 0.6 is 47.8 Å². The summed E-state index contributed by atoms with van der Waals surface area (Å²) in [5, 5.41) is -0.413. The third-order valence-electron chi connectivity index (χ3n) is 2.30. The van der Waals surface area contributed by atoms with Crippen LogP contribution < -0.4 is 0 Å². The van der Waals surface area contributed by atoms with Crippen molar-refractivity contribution >= 4 is 57.6 Å². The van der Waals surface area contributed by atoms with Gasteiger partial charge < -0.3 is 0 Å². The van der Waals surface area contributed by atoms with Crippen molar-refractivity contribution in [1.29, 1.82) is 0 Å². The topological polar surface area (TPSA) is 59.9 Å². The van der Waals surface area contributed by atoms with Gasteiger partial charge in [-0.25, -0.2) is 8.42 Å². The molecule has 2 aromatic heterocycles. The largest absolute Gasteiger partial charge is 0.262 e. The van der Waals surface area contributed by atoms with Gasteiger partial charge in [0, 0.05) is 38.2 Å². The summed E-state index contributed by atoms with van der Waals surface area (Å²) < 4.78 is 25.9. The summed E-state index contributed by atoms with van der Waals surface area (Å²) in [5.74, 6) is 0. The quantitative estimate of drug-likeness (QED) is 0.603. The highest BCUT2D eigenvalue weighted by Crippen LogP contribution is 2.18. The van der Waals surface area contributed by atoms with E-state index in [1.807, 2.05) is 6.07 Å². The highest BCUT2D eigenvalue weighted by Gasteiger charge is 2.19. The summed E-state index contributed by atoms with van der Waals surface area (Å²) in [5.41, 5.74) is 0. The van der Waals surface area contributed by atoms with Crippen molar-refractivity contribution in [3.63, 3.8) is 0 Å². The summed E-state index contributed by atoms with van der Waals surface area (Å²) in [7, 11) is -3.19. The number of hydrogen-bond acceptors (Lipinski definition) is 4. The van der Waals surface area contributed by atoms with E-state index in [9.17, 15) is 8.42 Å². The molecule has 0 fully saturated rings. The summed E-state index contributed by atoms with van der Waals surface area (Å²) in [4.78, 5) is 7.96. The SMILES string of the molecule is Brc1cncc(Br)c1.CC(C)S(=O)(=O)c1cncc(Br)c1. The lowest BCUT2D eigenvalue weighted by molar-refractivity contribution is 0.587. The predicted octanol–water partition coefficient (Wildman–Crippen LogP) is 4.63. The fourth-order valence-corrected chi connectivity index (χ4v) is 3.80. The number of pyridine rings is 2. The molecule has 0 amide bonds. The number of hydrogen-bond donors (Lipinski definition) is 0. The first-order chi connectivity index (χ1) is 9.73. The molecule has 0 aliphatic heterocycles. The van der Waals surface area contributed by atoms with E-state index in [0.717, 1.165) is 8.95 Å². The van der Waals surface area contributed by atoms with Gasteiger partial charge >= 0.3 is 0 Å². The molecule has 0 saturated heterocycles. The van der Waals surface area contributed by atoms with E-state index in [2.05, 4.69) is 57.8 Å². The van der Waals surface area contributed by atoms with E-state index in [-0.39, 0.29) is 4.90 Å². The maximum absolute atomic E-state index is 11.6. The molecule has 2 aromatic rings. The molecular weight excluding hydrogens is 488 g/mol. The van der Waals surface area contributed by atoms with Crippen LogP contribution in [0, 0.1) is 0 Å². The molecule has 0 bridgehead atoms. The molecule has 114 valence electrons. The molecule has 0 saturated carbocycles. The van der Waals surface area contributed by atoms with Crippen molar-refractivity contribution < 1.29 is 8.42 Å². The van der Waals surface area contributed by atoms with E-state index in [1.165, 1.54) is 6.20 Å². The van der Waals surface area contributed by atoms with Crippen LogP contribution in [0.4, 0.5) is 0 Å². The van der Waals surface area contributed by atoms with Gasteiger partial charge in [-0.15, -0.1) is 0 Å². The Morgan fingerprint density at radius 3 is 1.62 bits per heavy atom. The van der Waals surface area contributed by atoms with Gasteiger partial charge in [-0.2, -0.15) is 0 Å². The second-order valence-electron chi connectivity index (χ2n) is 4.25. The molecule has 8 heteroatoms. The van der Waals surface area contributed by atoms with E-state index >= 15 is 0 Å². The van der Waals surface area contributed by atoms with Crippen molar-refractivity contribution in [2.24, 2.45) is 0 Å². The normalized spacial score (nSPS) is 11.0. The van der Waals surface area contributed by atoms with Crippen molar-refractivity contribution in [3.05, 3.63) is 50.3 Å². The van der Waals surface area contributed by atoms with Crippen LogP contribution in [0.2, 0.25) is 0 Å². The van der Waals surface area contributed by atoms with Crippen LogP contribution in [0.25, 0.3) is 0 Å². The maximum atomic E-state index is 11.6. The van der Waals surface area contributed by atoms with E-state index in [0.29, 0.717) is 4.47 Å². The Labute approximate surface area is 149 Å². The Balaban J connectivity index is 0.000000235. The molecule has 0 aliphatic rings. The lowest BCUT2D eigenvalue weighted by Crippen LogP contribution is -2.14. The van der Waals surface area contributed by atoms with Gasteiger partial charge in [0.25, 0.3) is 0 Å². The van der Waals surface area contributed by atoms with Gasteiger partial charge in [0.1, 0.15) is 0 Å². The lowest BCUT2D eigenvalue weighted by atomic mass is 10.5. The Hall–Kier alpha value is -0.310. The molecule has 0 N–H and O–H groups in total. The van der Waals surface area contributed by atoms with Crippen LogP contribution in [0.5, 0.6) is 0 Å². The summed E-state index contributed by atoms with van der Waals surface area (Å²) in [6, 6.07) is 3.50. The number of rotatable bonds is 2. The first-order valence-electron chi connectivity index (χ1n) is 5.84. The first-order valence-corrected chi connectivity index (χ1v) is 9.76. The van der Waals surface area contributed by atoms with Gasteiger partial charge in [-0.3, -0.25) is 9.97 Å². The molecule has 0 radical (unpaired) electrons. The lowest BCUT2D eigenvalue weighted by Gasteiger charge is -2.06. The molecule has 4 nitrogen and oxygen atoms in total. The van der Waals surface area contributed by atoms with Crippen LogP contribution in [0.3, 0.4) is 0 Å². The van der Waals surface area contributed by atoms with Crippen molar-refractivity contribution in [1.82, 2.24) is 9.97 Å². The molecule has 0 spiro atoms. The van der Waals surface area contributed by atoms with Crippen LogP contribution in [-0.4, -0.2) is 23.6 Å². The minimum Gasteiger partial charge on any atom is -0.262 e. The Kier molecular flexibility index (Phi) is 7.46. The Morgan fingerprint density at radius 2 is 1.29 bits per heavy atom. The first kappa shape index (κ1) is 18.7. The Bertz CT molecular complexity index is 689. The minimum atomic E-state index is -3.19. The third kappa shape index (κ3) is 6.14. The maximum Gasteiger partial charge on any atom is 0.182 e. The van der Waals surface area contributed by atoms with Gasteiger partial charge in [0.15, 0.2) is 9.84 Å². The van der Waals surface area contributed by atoms with Crippen LogP contribution in [0.15, 0.2) is 55.2 Å². The van der Waals surface area contributed by atoms with Crippen molar-refractivity contribution in [3.8, 4) is 0 Å². The second kappa shape index (κ2) is 8.36. The van der Waals surface area contributed by atoms with E-state index < -0.39 is 15.1 Å². The second-order valence-corrected chi connectivity index (χ2v) is 9.51. The van der Waals surface area contributed by atoms with Crippen molar-refractivity contribution in [2.75, 3.05) is 0 Å². The molecule has 2 rings (SSSR count). The van der Waals surface area contributed by atoms with Gasteiger partial charge in [0.05, 0.1) is 10.1 Å². The van der Waals surface area contributed by atoms with E-state index in [4.69, 9.17) is 0 Å². The van der Waals surface area contributed by atoms with Gasteiger partial charge in [-0.1, -0.05) is 0 Å². The van der Waals surface area contributed by atoms with Gasteiger partial charge in [-0.05, 0) is 73.8 Å². The molecule has 0 atom stereocenters. The highest BCUT2D eigenvalue weighted by molar-refractivity contribution is 9.11. The molecule has 0 aliphatic carbocycles. The number of halogens is 3. The molecule has 0 aromatic carbocycles. The zero-order valence-electron chi connectivity index (χ0n) is 11.3. The third-order valence-corrected chi connectivity index (χ3v) is 5.72. The summed E-state index contributed by atoms with van der Waals surface area (Å²) >= 11 is 9.72. The molecular formula is C13H13Br3N2O2S. The standard InChI is InChI=1S/C8H10BrNO2S.C5H3Br2N/c1-6(2)13(11,12)8-3-7(9)4-10-5-8;6-4-1-5(7)3-8-2-4/h3-6H,1-2H3;1-3H. The average Bonchev–Trinajstić information content (AvgIpc) is 2.39. The summed E-state index contributed by atoms with van der Waals surface area (Å²) in [6.07, 6.45) is 6.40. The van der Waals surface area contributed by atoms with Crippen LogP contribution in [-0.2, 0) is 9.84 Å². The number of aromatic nitrogens is 2. The zero-order valence-corrected chi connectivity index (χ0v) is 16.9. The number of sulfone groups is 1. The molecule has 2 heterocycles. The van der Waals surface area contributed by atoms with E-state index in [1.54, 1.807) is 38.5 Å². The Morgan fingerprint density at radius 1 is 0.857 bits per heavy atom.